The van der Waals surface area contributed by atoms with Gasteiger partial charge in [0.25, 0.3) is 11.8 Å². The first-order valence-electron chi connectivity index (χ1n) is 11.9. The molecule has 0 bridgehead atoms. The smallest absolute Gasteiger partial charge is 0.272 e. The number of para-hydroxylation sites is 1. The van der Waals surface area contributed by atoms with E-state index in [1.54, 1.807) is 4.68 Å². The molecule has 7 nitrogen and oxygen atoms in total. The number of benzene rings is 1. The predicted molar refractivity (Wildman–Crippen MR) is 127 cm³/mol. The number of rotatable bonds is 6. The molecule has 1 saturated heterocycles. The van der Waals surface area contributed by atoms with Gasteiger partial charge in [-0.05, 0) is 43.4 Å². The van der Waals surface area contributed by atoms with Gasteiger partial charge in [0.15, 0.2) is 0 Å². The number of aromatic nitrogens is 3. The van der Waals surface area contributed by atoms with Crippen molar-refractivity contribution in [1.82, 2.24) is 25.0 Å². The molecule has 33 heavy (non-hydrogen) atoms. The van der Waals surface area contributed by atoms with Crippen molar-refractivity contribution in [2.24, 2.45) is 13.0 Å². The van der Waals surface area contributed by atoms with Gasteiger partial charge in [-0.15, -0.1) is 0 Å². The minimum Gasteiger partial charge on any atom is -0.352 e. The van der Waals surface area contributed by atoms with E-state index >= 15 is 0 Å². The zero-order valence-corrected chi connectivity index (χ0v) is 19.5. The number of pyridine rings is 1. The topological polar surface area (TPSA) is 80.1 Å². The molecular formula is C26H31N5O2. The predicted octanol–water partition coefficient (Wildman–Crippen LogP) is 3.86. The van der Waals surface area contributed by atoms with Crippen molar-refractivity contribution >= 4 is 22.7 Å². The number of fused-ring (bicyclic) bond motifs is 1. The lowest BCUT2D eigenvalue weighted by molar-refractivity contribution is 0.0779. The number of likely N-dealkylation sites (tertiary alicyclic amines) is 1. The molecule has 0 spiro atoms. The van der Waals surface area contributed by atoms with Gasteiger partial charge in [0.2, 0.25) is 0 Å². The number of aryl methyl sites for hydroxylation is 1. The zero-order valence-electron chi connectivity index (χ0n) is 19.5. The van der Waals surface area contributed by atoms with E-state index in [1.165, 1.54) is 0 Å². The van der Waals surface area contributed by atoms with E-state index in [2.05, 4.69) is 24.3 Å². The second-order valence-corrected chi connectivity index (χ2v) is 9.80. The van der Waals surface area contributed by atoms with Gasteiger partial charge in [-0.25, -0.2) is 0 Å². The first-order valence-corrected chi connectivity index (χ1v) is 11.9. The molecule has 1 aliphatic carbocycles. The van der Waals surface area contributed by atoms with E-state index < -0.39 is 0 Å². The van der Waals surface area contributed by atoms with Crippen LogP contribution in [0.1, 0.15) is 77.2 Å². The van der Waals surface area contributed by atoms with Gasteiger partial charge in [0.1, 0.15) is 5.69 Å². The lowest BCUT2D eigenvalue weighted by atomic mass is 9.99. The maximum Gasteiger partial charge on any atom is 0.272 e. The summed E-state index contributed by atoms with van der Waals surface area (Å²) in [7, 11) is 1.85. The van der Waals surface area contributed by atoms with Crippen LogP contribution in [0.15, 0.2) is 36.4 Å². The Bertz CT molecular complexity index is 1210. The molecule has 2 aliphatic rings. The lowest BCUT2D eigenvalue weighted by Gasteiger charge is -2.17. The summed E-state index contributed by atoms with van der Waals surface area (Å²) in [4.78, 5) is 33.0. The molecule has 7 heteroatoms. The zero-order chi connectivity index (χ0) is 23.1. The van der Waals surface area contributed by atoms with E-state index in [0.717, 1.165) is 41.6 Å². The number of amides is 2. The molecule has 172 valence electrons. The first kappa shape index (κ1) is 21.6. The molecule has 3 heterocycles. The van der Waals surface area contributed by atoms with Crippen LogP contribution >= 0.6 is 0 Å². The fourth-order valence-electron chi connectivity index (χ4n) is 4.60. The molecule has 0 unspecified atom stereocenters. The van der Waals surface area contributed by atoms with Crippen molar-refractivity contribution in [1.29, 1.82) is 0 Å². The normalized spacial score (nSPS) is 18.3. The van der Waals surface area contributed by atoms with Crippen molar-refractivity contribution in [3.63, 3.8) is 0 Å². The molecule has 1 saturated carbocycles. The molecule has 1 N–H and O–H groups in total. The molecule has 0 radical (unpaired) electrons. The fraction of sp³-hybridized carbons (Fsp3) is 0.462. The molecule has 5 rings (SSSR count). The molecule has 1 aromatic carbocycles. The number of nitrogens with one attached hydrogen (secondary N) is 1. The third-order valence-corrected chi connectivity index (χ3v) is 6.66. The standard InChI is InChI=1S/C26H31N5O2/c1-16(2)14-27-25(32)20-12-22(28-21-7-5-4-6-19(20)21)18-10-11-31(15-18)26(33)24-13-23(17-8-9-17)29-30(24)3/h4-7,12-13,16-18H,8-11,14-15H2,1-3H3,(H,27,32)/t18-/m0/s1. The van der Waals surface area contributed by atoms with Gasteiger partial charge in [-0.1, -0.05) is 32.0 Å². The molecule has 1 atom stereocenters. The summed E-state index contributed by atoms with van der Waals surface area (Å²) < 4.78 is 1.72. The van der Waals surface area contributed by atoms with E-state index in [9.17, 15) is 9.59 Å². The maximum atomic E-state index is 13.2. The Morgan fingerprint density at radius 1 is 1.09 bits per heavy atom. The summed E-state index contributed by atoms with van der Waals surface area (Å²) in [6.45, 7) is 6.06. The number of carbonyl (C=O) groups is 2. The number of nitrogens with zero attached hydrogens (tertiary/aromatic N) is 4. The summed E-state index contributed by atoms with van der Waals surface area (Å²) in [5, 5.41) is 8.45. The third-order valence-electron chi connectivity index (χ3n) is 6.66. The highest BCUT2D eigenvalue weighted by atomic mass is 16.2. The van der Waals surface area contributed by atoms with Gasteiger partial charge in [0.05, 0.1) is 16.8 Å². The number of carbonyl (C=O) groups excluding carboxylic acids is 2. The average Bonchev–Trinajstić information content (AvgIpc) is 3.41. The Hall–Kier alpha value is -3.22. The van der Waals surface area contributed by atoms with E-state index in [-0.39, 0.29) is 17.7 Å². The quantitative estimate of drug-likeness (QED) is 0.625. The van der Waals surface area contributed by atoms with E-state index in [1.807, 2.05) is 48.3 Å². The molecule has 2 fully saturated rings. The summed E-state index contributed by atoms with van der Waals surface area (Å²) in [5.41, 5.74) is 4.03. The molecule has 2 amide bonds. The van der Waals surface area contributed by atoms with E-state index in [4.69, 9.17) is 4.98 Å². The molecule has 2 aromatic heterocycles. The Labute approximate surface area is 194 Å². The largest absolute Gasteiger partial charge is 0.352 e. The van der Waals surface area contributed by atoms with Crippen molar-refractivity contribution in [3.8, 4) is 0 Å². The lowest BCUT2D eigenvalue weighted by Crippen LogP contribution is -2.30. The second-order valence-electron chi connectivity index (χ2n) is 9.80. The van der Waals surface area contributed by atoms with Crippen molar-refractivity contribution in [2.45, 2.75) is 44.9 Å². The highest BCUT2D eigenvalue weighted by Crippen LogP contribution is 2.39. The van der Waals surface area contributed by atoms with Gasteiger partial charge in [-0.3, -0.25) is 19.3 Å². The Kier molecular flexibility index (Phi) is 5.64. The highest BCUT2D eigenvalue weighted by molar-refractivity contribution is 6.06. The van der Waals surface area contributed by atoms with Crippen molar-refractivity contribution in [3.05, 3.63) is 59.0 Å². The van der Waals surface area contributed by atoms with Crippen LogP contribution in [0, 0.1) is 5.92 Å². The number of hydrogen-bond acceptors (Lipinski definition) is 4. The Morgan fingerprint density at radius 3 is 2.64 bits per heavy atom. The Morgan fingerprint density at radius 2 is 1.88 bits per heavy atom. The second kappa shape index (κ2) is 8.61. The SMILES string of the molecule is CC(C)CNC(=O)c1cc([C@H]2CCN(C(=O)c3cc(C4CC4)nn3C)C2)nc2ccccc12. The van der Waals surface area contributed by atoms with Gasteiger partial charge in [0, 0.05) is 49.6 Å². The van der Waals surface area contributed by atoms with Gasteiger partial charge < -0.3 is 10.2 Å². The van der Waals surface area contributed by atoms with Crippen molar-refractivity contribution < 1.29 is 9.59 Å². The summed E-state index contributed by atoms with van der Waals surface area (Å²) >= 11 is 0. The van der Waals surface area contributed by atoms with Crippen LogP contribution < -0.4 is 5.32 Å². The van der Waals surface area contributed by atoms with Crippen LogP contribution in [-0.4, -0.2) is 51.1 Å². The van der Waals surface area contributed by atoms with Crippen molar-refractivity contribution in [2.75, 3.05) is 19.6 Å². The minimum atomic E-state index is -0.0723. The first-order chi connectivity index (χ1) is 15.9. The average molecular weight is 446 g/mol. The minimum absolute atomic E-state index is 0.0232. The van der Waals surface area contributed by atoms with Gasteiger partial charge in [-0.2, -0.15) is 5.10 Å². The maximum absolute atomic E-state index is 13.2. The highest BCUT2D eigenvalue weighted by Gasteiger charge is 2.33. The molecular weight excluding hydrogens is 414 g/mol. The summed E-state index contributed by atoms with van der Waals surface area (Å²) in [6.07, 6.45) is 3.16. The van der Waals surface area contributed by atoms with Crippen LogP contribution in [0.5, 0.6) is 0 Å². The molecule has 3 aromatic rings. The summed E-state index contributed by atoms with van der Waals surface area (Å²) in [6, 6.07) is 11.7. The Balaban J connectivity index is 1.38. The third kappa shape index (κ3) is 4.36. The van der Waals surface area contributed by atoms with Gasteiger partial charge >= 0.3 is 0 Å². The monoisotopic (exact) mass is 445 g/mol. The van der Waals surface area contributed by atoms with Crippen LogP contribution in [0.4, 0.5) is 0 Å². The number of hydrogen-bond donors (Lipinski definition) is 1. The molecule has 1 aliphatic heterocycles. The van der Waals surface area contributed by atoms with Crippen LogP contribution in [-0.2, 0) is 7.05 Å². The van der Waals surface area contributed by atoms with Crippen LogP contribution in [0.2, 0.25) is 0 Å². The van der Waals surface area contributed by atoms with E-state index in [0.29, 0.717) is 42.7 Å². The summed E-state index contributed by atoms with van der Waals surface area (Å²) in [5.74, 6) is 0.952. The van der Waals surface area contributed by atoms with Crippen LogP contribution in [0.25, 0.3) is 10.9 Å². The fourth-order valence-corrected chi connectivity index (χ4v) is 4.60. The van der Waals surface area contributed by atoms with Crippen LogP contribution in [0.3, 0.4) is 0 Å².